The highest BCUT2D eigenvalue weighted by Crippen LogP contribution is 2.28. The lowest BCUT2D eigenvalue weighted by atomic mass is 9.84. The molecule has 0 aliphatic heterocycles. The molecule has 0 amide bonds. The third-order valence-corrected chi connectivity index (χ3v) is 5.95. The average molecular weight is 375 g/mol. The Balaban J connectivity index is 0.000000397. The number of rotatable bonds is 4. The Morgan fingerprint density at radius 3 is 2.46 bits per heavy atom. The molecule has 2 aliphatic carbocycles. The standard InChI is InChI=1S/C22H26.C6H12/c1-6-21-15-20(8-7-17(21)4)10-9-19-11-12-22(13-16(2)3)18(5)14-19;1-2-6-4-3-5-6/h6-8,11-12,14-17,21H,1,13H2,2-5H3;6H,2-5H2,1H3. The van der Waals surface area contributed by atoms with Crippen LogP contribution in [-0.2, 0) is 6.42 Å². The highest BCUT2D eigenvalue weighted by atomic mass is 14.2. The summed E-state index contributed by atoms with van der Waals surface area (Å²) in [6.07, 6.45) is 15.6. The fourth-order valence-electron chi connectivity index (χ4n) is 3.65. The van der Waals surface area contributed by atoms with Crippen LogP contribution in [0.25, 0.3) is 0 Å². The second kappa shape index (κ2) is 11.1. The van der Waals surface area contributed by atoms with Crippen molar-refractivity contribution < 1.29 is 0 Å². The Morgan fingerprint density at radius 1 is 1.21 bits per heavy atom. The molecule has 1 aromatic rings. The third kappa shape index (κ3) is 6.87. The van der Waals surface area contributed by atoms with Crippen molar-refractivity contribution in [1.82, 2.24) is 0 Å². The van der Waals surface area contributed by atoms with Crippen molar-refractivity contribution in [1.29, 1.82) is 0 Å². The highest BCUT2D eigenvalue weighted by Gasteiger charge is 2.13. The van der Waals surface area contributed by atoms with Crippen molar-refractivity contribution >= 4 is 0 Å². The fraction of sp³-hybridized carbons (Fsp3) is 0.500. The van der Waals surface area contributed by atoms with Crippen LogP contribution in [0.2, 0.25) is 0 Å². The van der Waals surface area contributed by atoms with E-state index in [2.05, 4.69) is 89.5 Å². The molecule has 150 valence electrons. The summed E-state index contributed by atoms with van der Waals surface area (Å²) in [6.45, 7) is 15.1. The van der Waals surface area contributed by atoms with Crippen LogP contribution in [0, 0.1) is 42.4 Å². The van der Waals surface area contributed by atoms with Crippen molar-refractivity contribution in [2.45, 2.75) is 66.7 Å². The number of aryl methyl sites for hydroxylation is 1. The fourth-order valence-corrected chi connectivity index (χ4v) is 3.65. The lowest BCUT2D eigenvalue weighted by molar-refractivity contribution is 0.307. The molecule has 0 aromatic heterocycles. The Hall–Kier alpha value is -2.00. The van der Waals surface area contributed by atoms with Gasteiger partial charge in [-0.15, -0.1) is 6.58 Å². The number of allylic oxidation sites excluding steroid dienone is 5. The molecule has 1 saturated carbocycles. The number of benzene rings is 1. The zero-order valence-corrected chi connectivity index (χ0v) is 18.6. The van der Waals surface area contributed by atoms with Crippen LogP contribution >= 0.6 is 0 Å². The van der Waals surface area contributed by atoms with E-state index >= 15 is 0 Å². The first-order valence-electron chi connectivity index (χ1n) is 11.1. The quantitative estimate of drug-likeness (QED) is 0.374. The number of hydrogen-bond donors (Lipinski definition) is 0. The topological polar surface area (TPSA) is 0 Å². The van der Waals surface area contributed by atoms with Crippen LogP contribution in [0.5, 0.6) is 0 Å². The number of hydrogen-bond acceptors (Lipinski definition) is 0. The van der Waals surface area contributed by atoms with E-state index in [-0.39, 0.29) is 0 Å². The second-order valence-corrected chi connectivity index (χ2v) is 8.85. The van der Waals surface area contributed by atoms with Gasteiger partial charge in [0.05, 0.1) is 0 Å². The summed E-state index contributed by atoms with van der Waals surface area (Å²) in [5.41, 5.74) is 4.95. The minimum atomic E-state index is 0.393. The first-order valence-corrected chi connectivity index (χ1v) is 11.1. The van der Waals surface area contributed by atoms with Gasteiger partial charge in [0.25, 0.3) is 0 Å². The molecule has 2 atom stereocenters. The van der Waals surface area contributed by atoms with Gasteiger partial charge >= 0.3 is 0 Å². The van der Waals surface area contributed by atoms with E-state index in [9.17, 15) is 0 Å². The summed E-state index contributed by atoms with van der Waals surface area (Å²) in [4.78, 5) is 0. The summed E-state index contributed by atoms with van der Waals surface area (Å²) < 4.78 is 0. The summed E-state index contributed by atoms with van der Waals surface area (Å²) in [7, 11) is 0. The Morgan fingerprint density at radius 2 is 1.96 bits per heavy atom. The first kappa shape index (κ1) is 22.3. The summed E-state index contributed by atoms with van der Waals surface area (Å²) >= 11 is 0. The van der Waals surface area contributed by atoms with Gasteiger partial charge in [-0.3, -0.25) is 0 Å². The molecule has 2 aliphatic rings. The average Bonchev–Trinajstić information content (AvgIpc) is 2.62. The normalized spacial score (nSPS) is 21.0. The Labute approximate surface area is 173 Å². The molecule has 3 rings (SSSR count). The predicted molar refractivity (Wildman–Crippen MR) is 124 cm³/mol. The van der Waals surface area contributed by atoms with Gasteiger partial charge in [0, 0.05) is 17.1 Å². The Kier molecular flexibility index (Phi) is 8.85. The van der Waals surface area contributed by atoms with Gasteiger partial charge in [-0.25, -0.2) is 0 Å². The van der Waals surface area contributed by atoms with Crippen molar-refractivity contribution in [2.75, 3.05) is 0 Å². The van der Waals surface area contributed by atoms with Gasteiger partial charge in [0.1, 0.15) is 0 Å². The van der Waals surface area contributed by atoms with E-state index in [1.165, 1.54) is 36.8 Å². The lowest BCUT2D eigenvalue weighted by Gasteiger charge is -2.22. The van der Waals surface area contributed by atoms with Crippen molar-refractivity contribution in [3.63, 3.8) is 0 Å². The van der Waals surface area contributed by atoms with Gasteiger partial charge in [0.15, 0.2) is 0 Å². The Bertz CT molecular complexity index is 756. The molecule has 1 aromatic carbocycles. The predicted octanol–water partition coefficient (Wildman–Crippen LogP) is 7.68. The SMILES string of the molecule is C=CC1C=C(C#Cc2ccc(CC(C)C)c(C)c2)C=CC1C.CCC1CCC1. The van der Waals surface area contributed by atoms with E-state index in [0.29, 0.717) is 17.8 Å². The van der Waals surface area contributed by atoms with Crippen LogP contribution in [0.1, 0.15) is 70.1 Å². The van der Waals surface area contributed by atoms with Gasteiger partial charge in [-0.05, 0) is 54.4 Å². The van der Waals surface area contributed by atoms with Crippen LogP contribution in [-0.4, -0.2) is 0 Å². The molecule has 0 saturated heterocycles. The van der Waals surface area contributed by atoms with Gasteiger partial charge in [0.2, 0.25) is 0 Å². The largest absolute Gasteiger partial charge is 0.102 e. The molecule has 1 fully saturated rings. The van der Waals surface area contributed by atoms with Crippen LogP contribution in [0.3, 0.4) is 0 Å². The van der Waals surface area contributed by atoms with E-state index in [0.717, 1.165) is 23.5 Å². The zero-order chi connectivity index (χ0) is 20.5. The first-order chi connectivity index (χ1) is 13.4. The minimum Gasteiger partial charge on any atom is -0.102 e. The maximum Gasteiger partial charge on any atom is 0.0251 e. The smallest absolute Gasteiger partial charge is 0.0251 e. The molecule has 2 unspecified atom stereocenters. The third-order valence-electron chi connectivity index (χ3n) is 5.95. The summed E-state index contributed by atoms with van der Waals surface area (Å²) in [5, 5.41) is 0. The molecular formula is C28H38. The molecule has 0 spiro atoms. The molecule has 0 radical (unpaired) electrons. The zero-order valence-electron chi connectivity index (χ0n) is 18.6. The molecule has 28 heavy (non-hydrogen) atoms. The van der Waals surface area contributed by atoms with E-state index in [1.807, 2.05) is 6.08 Å². The molecule has 0 heterocycles. The molecule has 0 nitrogen and oxygen atoms in total. The maximum atomic E-state index is 3.91. The van der Waals surface area contributed by atoms with Gasteiger partial charge < -0.3 is 0 Å². The summed E-state index contributed by atoms with van der Waals surface area (Å²) in [5.74, 6) is 9.29. The van der Waals surface area contributed by atoms with Gasteiger partial charge in [-0.2, -0.15) is 0 Å². The molecular weight excluding hydrogens is 336 g/mol. The van der Waals surface area contributed by atoms with Crippen LogP contribution in [0.4, 0.5) is 0 Å². The van der Waals surface area contributed by atoms with Crippen LogP contribution in [0.15, 0.2) is 54.7 Å². The minimum absolute atomic E-state index is 0.393. The van der Waals surface area contributed by atoms with E-state index in [1.54, 1.807) is 0 Å². The second-order valence-electron chi connectivity index (χ2n) is 8.85. The molecule has 0 bridgehead atoms. The van der Waals surface area contributed by atoms with Crippen molar-refractivity contribution in [3.8, 4) is 11.8 Å². The maximum absolute atomic E-state index is 3.91. The van der Waals surface area contributed by atoms with Crippen molar-refractivity contribution in [3.05, 3.63) is 71.3 Å². The molecule has 0 heteroatoms. The highest BCUT2D eigenvalue weighted by molar-refractivity contribution is 5.48. The molecule has 0 N–H and O–H groups in total. The van der Waals surface area contributed by atoms with Gasteiger partial charge in [-0.1, -0.05) is 95.6 Å². The van der Waals surface area contributed by atoms with E-state index in [4.69, 9.17) is 0 Å². The van der Waals surface area contributed by atoms with Crippen LogP contribution < -0.4 is 0 Å². The van der Waals surface area contributed by atoms with Crippen molar-refractivity contribution in [2.24, 2.45) is 23.7 Å². The monoisotopic (exact) mass is 374 g/mol. The lowest BCUT2D eigenvalue weighted by Crippen LogP contribution is -2.08. The van der Waals surface area contributed by atoms with E-state index < -0.39 is 0 Å². The summed E-state index contributed by atoms with van der Waals surface area (Å²) in [6, 6.07) is 6.56.